The molecule has 2 aromatic rings. The van der Waals surface area contributed by atoms with Crippen molar-refractivity contribution in [3.8, 4) is 0 Å². The van der Waals surface area contributed by atoms with Gasteiger partial charge < -0.3 is 10.6 Å². The molecular formula is C17H26BrN5S. The van der Waals surface area contributed by atoms with Gasteiger partial charge in [0, 0.05) is 30.2 Å². The Morgan fingerprint density at radius 1 is 1.42 bits per heavy atom. The minimum atomic E-state index is 0.277. The molecule has 132 valence electrons. The molecule has 1 unspecified atom stereocenters. The first-order chi connectivity index (χ1) is 11.4. The Kier molecular flexibility index (Phi) is 6.86. The largest absolute Gasteiger partial charge is 0.357 e. The zero-order valence-corrected chi connectivity index (χ0v) is 17.4. The Labute approximate surface area is 156 Å². The van der Waals surface area contributed by atoms with Crippen LogP contribution in [0.4, 0.5) is 0 Å². The Morgan fingerprint density at radius 2 is 2.17 bits per heavy atom. The van der Waals surface area contributed by atoms with E-state index in [4.69, 9.17) is 4.99 Å². The molecule has 0 bridgehead atoms. The first-order valence-corrected chi connectivity index (χ1v) is 9.79. The van der Waals surface area contributed by atoms with E-state index in [0.717, 1.165) is 28.4 Å². The zero-order valence-electron chi connectivity index (χ0n) is 15.0. The molecule has 24 heavy (non-hydrogen) atoms. The van der Waals surface area contributed by atoms with Crippen LogP contribution in [0.5, 0.6) is 0 Å². The second-order valence-corrected chi connectivity index (χ2v) is 8.47. The van der Waals surface area contributed by atoms with E-state index in [0.29, 0.717) is 6.54 Å². The fraction of sp³-hybridized carbons (Fsp3) is 0.529. The van der Waals surface area contributed by atoms with Gasteiger partial charge in [0.2, 0.25) is 0 Å². The highest BCUT2D eigenvalue weighted by atomic mass is 79.9. The van der Waals surface area contributed by atoms with Gasteiger partial charge in [0.1, 0.15) is 0 Å². The quantitative estimate of drug-likeness (QED) is 0.564. The number of halogens is 1. The number of hydrogen-bond acceptors (Lipinski definition) is 3. The van der Waals surface area contributed by atoms with Crippen LogP contribution in [0.15, 0.2) is 20.9 Å². The van der Waals surface area contributed by atoms with Gasteiger partial charge in [0.15, 0.2) is 5.96 Å². The topological polar surface area (TPSA) is 54.2 Å². The minimum Gasteiger partial charge on any atom is -0.357 e. The van der Waals surface area contributed by atoms with Crippen LogP contribution >= 0.6 is 27.3 Å². The number of aromatic nitrogens is 2. The molecule has 0 saturated heterocycles. The van der Waals surface area contributed by atoms with Gasteiger partial charge in [-0.15, -0.1) is 11.3 Å². The molecule has 2 rings (SSSR count). The second kappa shape index (κ2) is 8.67. The Morgan fingerprint density at radius 3 is 2.71 bits per heavy atom. The molecule has 0 spiro atoms. The highest BCUT2D eigenvalue weighted by Crippen LogP contribution is 2.22. The number of thiophene rings is 1. The molecule has 0 aliphatic carbocycles. The van der Waals surface area contributed by atoms with E-state index in [2.05, 4.69) is 71.5 Å². The average Bonchev–Trinajstić information content (AvgIpc) is 3.04. The van der Waals surface area contributed by atoms with E-state index in [1.807, 2.05) is 11.7 Å². The standard InChI is InChI=1S/C17H26BrN5S/c1-6-19-17(20-10-14-7-8-16(18)24-14)21-11(2)9-15-12(3)22-23(5)13(15)4/h7-8,11H,6,9-10H2,1-5H3,(H2,19,20,21). The van der Waals surface area contributed by atoms with Gasteiger partial charge in [-0.1, -0.05) is 0 Å². The first kappa shape index (κ1) is 19.0. The Balaban J connectivity index is 2.00. The van der Waals surface area contributed by atoms with Crippen molar-refractivity contribution in [3.63, 3.8) is 0 Å². The molecule has 0 amide bonds. The summed E-state index contributed by atoms with van der Waals surface area (Å²) in [6.45, 7) is 9.99. The summed E-state index contributed by atoms with van der Waals surface area (Å²) in [6, 6.07) is 4.44. The molecule has 7 heteroatoms. The molecular weight excluding hydrogens is 386 g/mol. The molecule has 0 aliphatic rings. The van der Waals surface area contributed by atoms with Gasteiger partial charge in [-0.05, 0) is 67.7 Å². The van der Waals surface area contributed by atoms with Crippen LogP contribution in [0, 0.1) is 13.8 Å². The van der Waals surface area contributed by atoms with E-state index in [1.54, 1.807) is 11.3 Å². The number of nitrogens with zero attached hydrogens (tertiary/aromatic N) is 3. The summed E-state index contributed by atoms with van der Waals surface area (Å²) in [4.78, 5) is 5.93. The third-order valence-corrected chi connectivity index (χ3v) is 5.53. The average molecular weight is 412 g/mol. The number of rotatable bonds is 6. The summed E-state index contributed by atoms with van der Waals surface area (Å²) < 4.78 is 3.09. The van der Waals surface area contributed by atoms with Gasteiger partial charge in [-0.25, -0.2) is 4.99 Å². The summed E-state index contributed by atoms with van der Waals surface area (Å²) >= 11 is 5.21. The van der Waals surface area contributed by atoms with Gasteiger partial charge >= 0.3 is 0 Å². The fourth-order valence-corrected chi connectivity index (χ4v) is 4.02. The normalized spacial score (nSPS) is 13.2. The van der Waals surface area contributed by atoms with Crippen LogP contribution in [-0.2, 0) is 20.0 Å². The lowest BCUT2D eigenvalue weighted by molar-refractivity contribution is 0.636. The number of nitrogens with one attached hydrogen (secondary N) is 2. The lowest BCUT2D eigenvalue weighted by Gasteiger charge is -2.18. The molecule has 0 fully saturated rings. The van der Waals surface area contributed by atoms with Crippen molar-refractivity contribution in [2.45, 2.75) is 46.7 Å². The van der Waals surface area contributed by atoms with E-state index in [1.165, 1.54) is 16.1 Å². The fourth-order valence-electron chi connectivity index (χ4n) is 2.62. The molecule has 2 N–H and O–H groups in total. The number of aryl methyl sites for hydroxylation is 2. The molecule has 0 radical (unpaired) electrons. The number of aliphatic imine (C=N–C) groups is 1. The van der Waals surface area contributed by atoms with Crippen molar-refractivity contribution in [2.24, 2.45) is 12.0 Å². The maximum Gasteiger partial charge on any atom is 0.191 e. The molecule has 1 atom stereocenters. The second-order valence-electron chi connectivity index (χ2n) is 5.92. The van der Waals surface area contributed by atoms with E-state index < -0.39 is 0 Å². The molecule has 0 aromatic carbocycles. The molecule has 0 saturated carbocycles. The molecule has 2 aromatic heterocycles. The number of hydrogen-bond donors (Lipinski definition) is 2. The van der Waals surface area contributed by atoms with E-state index in [-0.39, 0.29) is 6.04 Å². The van der Waals surface area contributed by atoms with Crippen molar-refractivity contribution >= 4 is 33.2 Å². The minimum absolute atomic E-state index is 0.277. The highest BCUT2D eigenvalue weighted by molar-refractivity contribution is 9.11. The molecule has 0 aliphatic heterocycles. The lowest BCUT2D eigenvalue weighted by atomic mass is 10.1. The van der Waals surface area contributed by atoms with E-state index >= 15 is 0 Å². The van der Waals surface area contributed by atoms with Gasteiger partial charge in [-0.3, -0.25) is 4.68 Å². The first-order valence-electron chi connectivity index (χ1n) is 8.18. The molecule has 5 nitrogen and oxygen atoms in total. The van der Waals surface area contributed by atoms with Crippen LogP contribution in [0.25, 0.3) is 0 Å². The van der Waals surface area contributed by atoms with Crippen molar-refractivity contribution in [3.05, 3.63) is 37.7 Å². The van der Waals surface area contributed by atoms with Gasteiger partial charge in [0.05, 0.1) is 16.0 Å². The van der Waals surface area contributed by atoms with Crippen LogP contribution in [0.3, 0.4) is 0 Å². The summed E-state index contributed by atoms with van der Waals surface area (Å²) in [6.07, 6.45) is 0.931. The SMILES string of the molecule is CCNC(=NCc1ccc(Br)s1)NC(C)Cc1c(C)nn(C)c1C. The molecule has 2 heterocycles. The summed E-state index contributed by atoms with van der Waals surface area (Å²) in [5.41, 5.74) is 3.65. The van der Waals surface area contributed by atoms with Crippen molar-refractivity contribution < 1.29 is 0 Å². The Bertz CT molecular complexity index is 704. The smallest absolute Gasteiger partial charge is 0.191 e. The van der Waals surface area contributed by atoms with Crippen LogP contribution in [-0.4, -0.2) is 28.3 Å². The zero-order chi connectivity index (χ0) is 17.7. The predicted octanol–water partition coefficient (Wildman–Crippen LogP) is 3.55. The summed E-state index contributed by atoms with van der Waals surface area (Å²) in [5.74, 6) is 0.855. The van der Waals surface area contributed by atoms with Gasteiger partial charge in [-0.2, -0.15) is 5.10 Å². The maximum atomic E-state index is 4.69. The third-order valence-electron chi connectivity index (χ3n) is 3.92. The highest BCUT2D eigenvalue weighted by Gasteiger charge is 2.14. The Hall–Kier alpha value is -1.34. The van der Waals surface area contributed by atoms with E-state index in [9.17, 15) is 0 Å². The van der Waals surface area contributed by atoms with Crippen LogP contribution in [0.2, 0.25) is 0 Å². The maximum absolute atomic E-state index is 4.69. The summed E-state index contributed by atoms with van der Waals surface area (Å²) in [5, 5.41) is 11.3. The lowest BCUT2D eigenvalue weighted by Crippen LogP contribution is -2.43. The third kappa shape index (κ3) is 5.08. The van der Waals surface area contributed by atoms with Crippen LogP contribution in [0.1, 0.15) is 35.7 Å². The van der Waals surface area contributed by atoms with Crippen molar-refractivity contribution in [2.75, 3.05) is 6.54 Å². The van der Waals surface area contributed by atoms with Gasteiger partial charge in [0.25, 0.3) is 0 Å². The van der Waals surface area contributed by atoms with Crippen LogP contribution < -0.4 is 10.6 Å². The number of guanidine groups is 1. The predicted molar refractivity (Wildman–Crippen MR) is 106 cm³/mol. The monoisotopic (exact) mass is 411 g/mol. The summed E-state index contributed by atoms with van der Waals surface area (Å²) in [7, 11) is 1.99. The van der Waals surface area contributed by atoms with Crippen molar-refractivity contribution in [1.29, 1.82) is 0 Å². The van der Waals surface area contributed by atoms with Crippen molar-refractivity contribution in [1.82, 2.24) is 20.4 Å².